The molecule has 0 aromatic carbocycles. The highest BCUT2D eigenvalue weighted by atomic mass is 32.1. The fourth-order valence-electron chi connectivity index (χ4n) is 2.73. The fraction of sp³-hybridized carbons (Fsp3) is 0.615. The average molecular weight is 296 g/mol. The van der Waals surface area contributed by atoms with Crippen LogP contribution in [0.15, 0.2) is 10.5 Å². The molecule has 0 saturated heterocycles. The minimum absolute atomic E-state index is 0.0117. The summed E-state index contributed by atoms with van der Waals surface area (Å²) in [5.41, 5.74) is 5.84. The highest BCUT2D eigenvalue weighted by molar-refractivity contribution is 7.09. The van der Waals surface area contributed by atoms with Crippen molar-refractivity contribution in [2.45, 2.75) is 33.1 Å². The summed E-state index contributed by atoms with van der Waals surface area (Å²) < 4.78 is 0. The van der Waals surface area contributed by atoms with Gasteiger partial charge in [0.15, 0.2) is 5.84 Å². The minimum Gasteiger partial charge on any atom is -0.409 e. The summed E-state index contributed by atoms with van der Waals surface area (Å²) in [6.07, 6.45) is 1.95. The van der Waals surface area contributed by atoms with Gasteiger partial charge in [-0.1, -0.05) is 12.1 Å². The quantitative estimate of drug-likeness (QED) is 0.330. The van der Waals surface area contributed by atoms with Crippen molar-refractivity contribution in [3.8, 4) is 0 Å². The average Bonchev–Trinajstić information content (AvgIpc) is 2.79. The van der Waals surface area contributed by atoms with Gasteiger partial charge in [-0.3, -0.25) is 4.79 Å². The molecule has 1 fully saturated rings. The molecule has 0 radical (unpaired) electrons. The summed E-state index contributed by atoms with van der Waals surface area (Å²) in [7, 11) is 0. The number of amides is 1. The standard InChI is InChI=1S/C13H20N4O2S/c1-8-5-13(6-8,11(14)17-19)12(18)15-4-3-10-7-20-9(2)16-10/h7-8,19H,3-6H2,1-2H3,(H2,14,17)(H,15,18). The van der Waals surface area contributed by atoms with E-state index in [1.807, 2.05) is 19.2 Å². The van der Waals surface area contributed by atoms with Crippen LogP contribution in [0.1, 0.15) is 30.5 Å². The van der Waals surface area contributed by atoms with E-state index in [0.29, 0.717) is 31.7 Å². The molecule has 110 valence electrons. The number of nitrogens with one attached hydrogen (secondary N) is 1. The topological polar surface area (TPSA) is 101 Å². The predicted molar refractivity (Wildman–Crippen MR) is 77.8 cm³/mol. The van der Waals surface area contributed by atoms with Crippen LogP contribution in [0.2, 0.25) is 0 Å². The Morgan fingerprint density at radius 2 is 2.40 bits per heavy atom. The number of nitrogens with two attached hydrogens (primary N) is 1. The molecule has 1 aliphatic carbocycles. The van der Waals surface area contributed by atoms with E-state index in [-0.39, 0.29) is 11.7 Å². The van der Waals surface area contributed by atoms with Crippen LogP contribution in [0.25, 0.3) is 0 Å². The van der Waals surface area contributed by atoms with Crippen molar-refractivity contribution < 1.29 is 10.0 Å². The van der Waals surface area contributed by atoms with Gasteiger partial charge in [0, 0.05) is 18.3 Å². The molecule has 1 aromatic heterocycles. The summed E-state index contributed by atoms with van der Waals surface area (Å²) in [4.78, 5) is 16.6. The molecule has 1 saturated carbocycles. The summed E-state index contributed by atoms with van der Waals surface area (Å²) >= 11 is 1.60. The highest BCUT2D eigenvalue weighted by Crippen LogP contribution is 2.45. The van der Waals surface area contributed by atoms with Crippen LogP contribution >= 0.6 is 11.3 Å². The molecule has 6 nitrogen and oxygen atoms in total. The van der Waals surface area contributed by atoms with E-state index in [1.165, 1.54) is 0 Å². The van der Waals surface area contributed by atoms with Crippen LogP contribution in [0.5, 0.6) is 0 Å². The van der Waals surface area contributed by atoms with Gasteiger partial charge < -0.3 is 16.3 Å². The molecular formula is C13H20N4O2S. The molecule has 0 atom stereocenters. The SMILES string of the molecule is Cc1nc(CCNC(=O)C2(C(N)=NO)CC(C)C2)cs1. The second-order valence-corrected chi connectivity index (χ2v) is 6.51. The molecule has 0 unspecified atom stereocenters. The van der Waals surface area contributed by atoms with Crippen molar-refractivity contribution in [2.75, 3.05) is 6.54 Å². The molecule has 0 bridgehead atoms. The number of aromatic nitrogens is 1. The lowest BCUT2D eigenvalue weighted by atomic mass is 9.61. The first-order valence-corrected chi connectivity index (χ1v) is 7.53. The molecule has 1 aliphatic rings. The largest absolute Gasteiger partial charge is 0.409 e. The van der Waals surface area contributed by atoms with Gasteiger partial charge in [0.25, 0.3) is 0 Å². The van der Waals surface area contributed by atoms with Crippen molar-refractivity contribution in [1.82, 2.24) is 10.3 Å². The molecule has 1 aromatic rings. The first-order chi connectivity index (χ1) is 9.48. The second-order valence-electron chi connectivity index (χ2n) is 5.44. The smallest absolute Gasteiger partial charge is 0.233 e. The Balaban J connectivity index is 1.90. The first-order valence-electron chi connectivity index (χ1n) is 6.65. The molecule has 4 N–H and O–H groups in total. The molecule has 0 aliphatic heterocycles. The van der Waals surface area contributed by atoms with E-state index in [9.17, 15) is 4.79 Å². The number of aryl methyl sites for hydroxylation is 1. The van der Waals surface area contributed by atoms with E-state index >= 15 is 0 Å². The van der Waals surface area contributed by atoms with Crippen LogP contribution in [-0.4, -0.2) is 28.5 Å². The van der Waals surface area contributed by atoms with Crippen molar-refractivity contribution in [1.29, 1.82) is 0 Å². The van der Waals surface area contributed by atoms with Gasteiger partial charge in [-0.25, -0.2) is 4.98 Å². The van der Waals surface area contributed by atoms with Gasteiger partial charge in [0.1, 0.15) is 5.41 Å². The van der Waals surface area contributed by atoms with Gasteiger partial charge in [0.2, 0.25) is 5.91 Å². The number of carbonyl (C=O) groups excluding carboxylic acids is 1. The summed E-state index contributed by atoms with van der Waals surface area (Å²) in [6, 6.07) is 0. The maximum absolute atomic E-state index is 12.3. The number of carbonyl (C=O) groups is 1. The second kappa shape index (κ2) is 5.78. The molecule has 2 rings (SSSR count). The number of oxime groups is 1. The number of rotatable bonds is 5. The van der Waals surface area contributed by atoms with Crippen molar-refractivity contribution in [3.63, 3.8) is 0 Å². The number of thiazole rings is 1. The van der Waals surface area contributed by atoms with Gasteiger partial charge >= 0.3 is 0 Å². The van der Waals surface area contributed by atoms with Crippen LogP contribution < -0.4 is 11.1 Å². The summed E-state index contributed by atoms with van der Waals surface area (Å²) in [5, 5.41) is 17.8. The monoisotopic (exact) mass is 296 g/mol. The van der Waals surface area contributed by atoms with Gasteiger partial charge in [-0.2, -0.15) is 0 Å². The Hall–Kier alpha value is -1.63. The lowest BCUT2D eigenvalue weighted by molar-refractivity contribution is -0.133. The number of nitrogens with zero attached hydrogens (tertiary/aromatic N) is 2. The Morgan fingerprint density at radius 3 is 2.90 bits per heavy atom. The van der Waals surface area contributed by atoms with Gasteiger partial charge in [-0.05, 0) is 25.7 Å². The number of hydrogen-bond acceptors (Lipinski definition) is 5. The van der Waals surface area contributed by atoms with E-state index in [1.54, 1.807) is 11.3 Å². The first kappa shape index (κ1) is 14.8. The van der Waals surface area contributed by atoms with Crippen LogP contribution in [-0.2, 0) is 11.2 Å². The maximum Gasteiger partial charge on any atom is 0.233 e. The number of amidine groups is 1. The van der Waals surface area contributed by atoms with Crippen LogP contribution in [0, 0.1) is 18.3 Å². The Bertz CT molecular complexity index is 520. The van der Waals surface area contributed by atoms with Crippen LogP contribution in [0.3, 0.4) is 0 Å². The molecule has 20 heavy (non-hydrogen) atoms. The normalized spacial score (nSPS) is 26.1. The number of hydrogen-bond donors (Lipinski definition) is 3. The zero-order chi connectivity index (χ0) is 14.8. The van der Waals surface area contributed by atoms with Crippen molar-refractivity contribution in [3.05, 3.63) is 16.1 Å². The Kier molecular flexibility index (Phi) is 4.27. The van der Waals surface area contributed by atoms with Crippen molar-refractivity contribution >= 4 is 23.1 Å². The lowest BCUT2D eigenvalue weighted by Crippen LogP contribution is -2.57. The maximum atomic E-state index is 12.3. The molecule has 7 heteroatoms. The summed E-state index contributed by atoms with van der Waals surface area (Å²) in [6.45, 7) is 4.51. The van der Waals surface area contributed by atoms with E-state index in [4.69, 9.17) is 10.9 Å². The fourth-order valence-corrected chi connectivity index (χ4v) is 3.38. The third kappa shape index (κ3) is 2.77. The van der Waals surface area contributed by atoms with Crippen LogP contribution in [0.4, 0.5) is 0 Å². The predicted octanol–water partition coefficient (Wildman–Crippen LogP) is 1.27. The molecule has 0 spiro atoms. The molecule has 1 heterocycles. The molecular weight excluding hydrogens is 276 g/mol. The zero-order valence-corrected chi connectivity index (χ0v) is 12.5. The van der Waals surface area contributed by atoms with E-state index in [2.05, 4.69) is 15.5 Å². The van der Waals surface area contributed by atoms with Gasteiger partial charge in [0.05, 0.1) is 10.7 Å². The Morgan fingerprint density at radius 1 is 1.70 bits per heavy atom. The Labute approximate surface area is 122 Å². The third-order valence-corrected chi connectivity index (χ3v) is 4.58. The molecule has 1 amide bonds. The van der Waals surface area contributed by atoms with E-state index in [0.717, 1.165) is 10.7 Å². The summed E-state index contributed by atoms with van der Waals surface area (Å²) in [5.74, 6) is 0.276. The highest BCUT2D eigenvalue weighted by Gasteiger charge is 2.51. The van der Waals surface area contributed by atoms with Gasteiger partial charge in [-0.15, -0.1) is 11.3 Å². The minimum atomic E-state index is -0.827. The van der Waals surface area contributed by atoms with Crippen molar-refractivity contribution in [2.24, 2.45) is 22.2 Å². The zero-order valence-electron chi connectivity index (χ0n) is 11.7. The third-order valence-electron chi connectivity index (χ3n) is 3.76. The lowest BCUT2D eigenvalue weighted by Gasteiger charge is -2.43. The van der Waals surface area contributed by atoms with E-state index < -0.39 is 5.41 Å².